The molecule has 0 saturated carbocycles. The van der Waals surface area contributed by atoms with Crippen molar-refractivity contribution in [3.8, 4) is 0 Å². The molecule has 28 heavy (non-hydrogen) atoms. The van der Waals surface area contributed by atoms with Crippen molar-refractivity contribution in [2.45, 2.75) is 51.4 Å². The Bertz CT molecular complexity index is 834. The number of rotatable bonds is 5. The smallest absolute Gasteiger partial charge is 0.408 e. The molecule has 3 rings (SSSR count). The van der Waals surface area contributed by atoms with E-state index >= 15 is 0 Å². The molecule has 0 fully saturated rings. The Morgan fingerprint density at radius 3 is 2.57 bits per heavy atom. The van der Waals surface area contributed by atoms with E-state index in [1.54, 1.807) is 32.9 Å². The summed E-state index contributed by atoms with van der Waals surface area (Å²) in [4.78, 5) is 25.0. The zero-order chi connectivity index (χ0) is 20.1. The molecule has 1 aliphatic heterocycles. The van der Waals surface area contributed by atoms with E-state index in [0.717, 1.165) is 5.56 Å². The molecule has 1 aliphatic rings. The van der Waals surface area contributed by atoms with Crippen LogP contribution in [0.2, 0.25) is 0 Å². The molecular weight excluding hydrogens is 358 g/mol. The van der Waals surface area contributed by atoms with Crippen molar-refractivity contribution in [1.29, 1.82) is 0 Å². The Balaban J connectivity index is 1.76. The van der Waals surface area contributed by atoms with Gasteiger partial charge in [-0.05, 0) is 44.9 Å². The molecule has 6 nitrogen and oxygen atoms in total. The van der Waals surface area contributed by atoms with E-state index in [1.165, 1.54) is 12.5 Å². The maximum Gasteiger partial charge on any atom is 0.408 e. The Kier molecular flexibility index (Phi) is 5.87. The van der Waals surface area contributed by atoms with Gasteiger partial charge in [0, 0.05) is 0 Å². The van der Waals surface area contributed by atoms with Gasteiger partial charge in [-0.1, -0.05) is 30.3 Å². The second-order valence-electron chi connectivity index (χ2n) is 7.75. The van der Waals surface area contributed by atoms with Gasteiger partial charge < -0.3 is 19.2 Å². The Morgan fingerprint density at radius 2 is 1.96 bits per heavy atom. The summed E-state index contributed by atoms with van der Waals surface area (Å²) in [5.74, 6) is 0.387. The van der Waals surface area contributed by atoms with Gasteiger partial charge in [-0.3, -0.25) is 4.79 Å². The number of carbonyl (C=O) groups is 2. The van der Waals surface area contributed by atoms with Crippen LogP contribution in [0.3, 0.4) is 0 Å². The molecule has 0 spiro atoms. The molecular formula is C22H25NO5. The molecule has 2 aromatic rings. The van der Waals surface area contributed by atoms with E-state index in [4.69, 9.17) is 13.9 Å². The predicted molar refractivity (Wildman–Crippen MR) is 104 cm³/mol. The maximum atomic E-state index is 12.6. The first-order chi connectivity index (χ1) is 13.3. The van der Waals surface area contributed by atoms with Gasteiger partial charge in [-0.25, -0.2) is 4.79 Å². The molecule has 0 aliphatic carbocycles. The first kappa shape index (κ1) is 19.7. The molecule has 0 saturated heterocycles. The van der Waals surface area contributed by atoms with Crippen molar-refractivity contribution in [2.75, 3.05) is 0 Å². The lowest BCUT2D eigenvalue weighted by molar-refractivity contribution is -0.117. The van der Waals surface area contributed by atoms with Crippen molar-refractivity contribution in [2.24, 2.45) is 0 Å². The van der Waals surface area contributed by atoms with Crippen molar-refractivity contribution >= 4 is 17.4 Å². The first-order valence-electron chi connectivity index (χ1n) is 9.28. The highest BCUT2D eigenvalue weighted by atomic mass is 16.6. The van der Waals surface area contributed by atoms with Gasteiger partial charge in [0.05, 0.1) is 30.6 Å². The van der Waals surface area contributed by atoms with Crippen molar-refractivity contribution < 1.29 is 23.5 Å². The van der Waals surface area contributed by atoms with E-state index in [9.17, 15) is 9.59 Å². The summed E-state index contributed by atoms with van der Waals surface area (Å²) in [7, 11) is 0. The van der Waals surface area contributed by atoms with E-state index in [1.807, 2.05) is 30.3 Å². The van der Waals surface area contributed by atoms with Crippen LogP contribution in [-0.4, -0.2) is 29.6 Å². The molecule has 0 unspecified atom stereocenters. The van der Waals surface area contributed by atoms with Crippen molar-refractivity contribution in [1.82, 2.24) is 5.32 Å². The SMILES string of the molecule is CC(C)(C)OC(=O)N[C@H](Cc1ccccc1)[C@H]1CC(=O)C(c2ccco2)=CO1. The second kappa shape index (κ2) is 8.33. The van der Waals surface area contributed by atoms with Crippen molar-refractivity contribution in [3.05, 3.63) is 66.3 Å². The number of furan rings is 1. The van der Waals surface area contributed by atoms with Crippen LogP contribution in [0.1, 0.15) is 38.5 Å². The summed E-state index contributed by atoms with van der Waals surface area (Å²) in [6, 6.07) is 12.8. The number of hydrogen-bond acceptors (Lipinski definition) is 5. The Morgan fingerprint density at radius 1 is 1.21 bits per heavy atom. The minimum Gasteiger partial charge on any atom is -0.494 e. The van der Waals surface area contributed by atoms with Crippen LogP contribution in [0.4, 0.5) is 4.79 Å². The number of Topliss-reactive ketones (excluding diaryl/α,β-unsaturated/α-hetero) is 1. The van der Waals surface area contributed by atoms with Gasteiger partial charge in [-0.2, -0.15) is 0 Å². The quantitative estimate of drug-likeness (QED) is 0.840. The lowest BCUT2D eigenvalue weighted by atomic mass is 9.93. The topological polar surface area (TPSA) is 77.8 Å². The molecule has 2 heterocycles. The number of carbonyl (C=O) groups excluding carboxylic acids is 2. The number of alkyl carbamates (subject to hydrolysis) is 1. The molecule has 2 atom stereocenters. The van der Waals surface area contributed by atoms with Crippen LogP contribution in [0.5, 0.6) is 0 Å². The normalized spacial score (nSPS) is 18.0. The van der Waals surface area contributed by atoms with Gasteiger partial charge in [0.1, 0.15) is 17.5 Å². The van der Waals surface area contributed by atoms with Gasteiger partial charge >= 0.3 is 6.09 Å². The van der Waals surface area contributed by atoms with Gasteiger partial charge in [-0.15, -0.1) is 0 Å². The number of allylic oxidation sites excluding steroid dienone is 1. The fraction of sp³-hybridized carbons (Fsp3) is 0.364. The van der Waals surface area contributed by atoms with E-state index < -0.39 is 23.8 Å². The molecule has 1 aromatic carbocycles. The number of hydrogen-bond donors (Lipinski definition) is 1. The van der Waals surface area contributed by atoms with Gasteiger partial charge in [0.2, 0.25) is 0 Å². The summed E-state index contributed by atoms with van der Waals surface area (Å²) in [6.45, 7) is 5.41. The summed E-state index contributed by atoms with van der Waals surface area (Å²) < 4.78 is 16.5. The average Bonchev–Trinajstić information content (AvgIpc) is 3.14. The van der Waals surface area contributed by atoms with E-state index in [-0.39, 0.29) is 12.2 Å². The van der Waals surface area contributed by atoms with Gasteiger partial charge in [0.25, 0.3) is 0 Å². The number of amides is 1. The zero-order valence-electron chi connectivity index (χ0n) is 16.3. The fourth-order valence-corrected chi connectivity index (χ4v) is 3.03. The minimum absolute atomic E-state index is 0.0877. The number of ketones is 1. The lowest BCUT2D eigenvalue weighted by Crippen LogP contribution is -2.48. The fourth-order valence-electron chi connectivity index (χ4n) is 3.03. The summed E-state index contributed by atoms with van der Waals surface area (Å²) in [6.07, 6.45) is 2.55. The van der Waals surface area contributed by atoms with E-state index in [0.29, 0.717) is 17.8 Å². The standard InChI is InChI=1S/C22H25NO5/c1-22(2,3)28-21(25)23-17(12-15-8-5-4-6-9-15)20-13-18(24)16(14-27-20)19-10-7-11-26-19/h4-11,14,17,20H,12-13H2,1-3H3,(H,23,25)/t17-,20-/m1/s1. The molecule has 0 bridgehead atoms. The van der Waals surface area contributed by atoms with E-state index in [2.05, 4.69) is 5.32 Å². The number of benzene rings is 1. The lowest BCUT2D eigenvalue weighted by Gasteiger charge is -2.31. The Hall–Kier alpha value is -3.02. The number of ether oxygens (including phenoxy) is 2. The molecule has 6 heteroatoms. The predicted octanol–water partition coefficient (Wildman–Crippen LogP) is 4.11. The highest BCUT2D eigenvalue weighted by Crippen LogP contribution is 2.26. The highest BCUT2D eigenvalue weighted by Gasteiger charge is 2.33. The maximum absolute atomic E-state index is 12.6. The zero-order valence-corrected chi connectivity index (χ0v) is 16.3. The third-order valence-corrected chi connectivity index (χ3v) is 4.28. The van der Waals surface area contributed by atoms with Crippen LogP contribution in [0.15, 0.2) is 59.4 Å². The van der Waals surface area contributed by atoms with Crippen molar-refractivity contribution in [3.63, 3.8) is 0 Å². The average molecular weight is 383 g/mol. The molecule has 148 valence electrons. The molecule has 1 aromatic heterocycles. The third kappa shape index (κ3) is 5.25. The van der Waals surface area contributed by atoms with Crippen LogP contribution >= 0.6 is 0 Å². The molecule has 1 N–H and O–H groups in total. The summed E-state index contributed by atoms with van der Waals surface area (Å²) in [5, 5.41) is 2.87. The van der Waals surface area contributed by atoms with Crippen LogP contribution in [0.25, 0.3) is 5.57 Å². The van der Waals surface area contributed by atoms with Gasteiger partial charge in [0.15, 0.2) is 5.78 Å². The molecule has 0 radical (unpaired) electrons. The number of nitrogens with one attached hydrogen (secondary N) is 1. The highest BCUT2D eigenvalue weighted by molar-refractivity contribution is 6.20. The second-order valence-corrected chi connectivity index (χ2v) is 7.75. The monoisotopic (exact) mass is 383 g/mol. The van der Waals surface area contributed by atoms with Crippen LogP contribution in [0, 0.1) is 0 Å². The van der Waals surface area contributed by atoms with Crippen LogP contribution < -0.4 is 5.32 Å². The first-order valence-corrected chi connectivity index (χ1v) is 9.28. The molecule has 1 amide bonds. The summed E-state index contributed by atoms with van der Waals surface area (Å²) >= 11 is 0. The Labute approximate surface area is 164 Å². The minimum atomic E-state index is -0.614. The van der Waals surface area contributed by atoms with Crippen LogP contribution in [-0.2, 0) is 20.7 Å². The largest absolute Gasteiger partial charge is 0.494 e. The summed E-state index contributed by atoms with van der Waals surface area (Å²) in [5.41, 5.74) is 0.814. The third-order valence-electron chi connectivity index (χ3n) is 4.28.